The molecule has 7 heteroatoms. The quantitative estimate of drug-likeness (QED) is 0.611. The third-order valence-corrected chi connectivity index (χ3v) is 1.54. The Morgan fingerprint density at radius 1 is 1.54 bits per heavy atom. The van der Waals surface area contributed by atoms with Crippen molar-refractivity contribution < 1.29 is 0 Å². The first-order valence-corrected chi connectivity index (χ1v) is 3.89. The number of nitrogens with one attached hydrogen (secondary N) is 1. The molecule has 0 spiro atoms. The second-order valence-electron chi connectivity index (χ2n) is 2.29. The Morgan fingerprint density at radius 2 is 2.38 bits per heavy atom. The third-order valence-electron chi connectivity index (χ3n) is 1.44. The van der Waals surface area contributed by atoms with Crippen LogP contribution < -0.4 is 11.1 Å². The fourth-order valence-corrected chi connectivity index (χ4v) is 1.06. The zero-order valence-electron chi connectivity index (χ0n) is 6.51. The average Bonchev–Trinajstić information content (AvgIpc) is 2.51. The van der Waals surface area contributed by atoms with Gasteiger partial charge in [0.05, 0.1) is 0 Å². The molecule has 0 aromatic carbocycles. The van der Waals surface area contributed by atoms with Crippen LogP contribution in [0, 0.1) is 0 Å². The van der Waals surface area contributed by atoms with Gasteiger partial charge in [0.15, 0.2) is 16.6 Å². The smallest absolute Gasteiger partial charge is 0.198 e. The van der Waals surface area contributed by atoms with Crippen LogP contribution in [0.5, 0.6) is 0 Å². The summed E-state index contributed by atoms with van der Waals surface area (Å²) < 4.78 is 1.58. The molecule has 0 atom stereocenters. The molecule has 0 unspecified atom stereocenters. The largest absolute Gasteiger partial charge is 0.376 e. The van der Waals surface area contributed by atoms with Crippen LogP contribution >= 0.6 is 12.2 Å². The van der Waals surface area contributed by atoms with Gasteiger partial charge in [-0.05, 0) is 12.2 Å². The van der Waals surface area contributed by atoms with E-state index in [1.807, 2.05) is 0 Å². The first-order valence-electron chi connectivity index (χ1n) is 3.48. The van der Waals surface area contributed by atoms with Gasteiger partial charge in [0.25, 0.3) is 0 Å². The Bertz CT molecular complexity index is 449. The van der Waals surface area contributed by atoms with Crippen molar-refractivity contribution in [2.24, 2.45) is 5.73 Å². The van der Waals surface area contributed by atoms with Crippen molar-refractivity contribution in [3.05, 3.63) is 18.7 Å². The van der Waals surface area contributed by atoms with Gasteiger partial charge in [-0.1, -0.05) is 0 Å². The molecule has 0 aliphatic carbocycles. The summed E-state index contributed by atoms with van der Waals surface area (Å²) in [4.78, 5) is 8.00. The van der Waals surface area contributed by atoms with Gasteiger partial charge < -0.3 is 11.1 Å². The molecule has 0 aliphatic heterocycles. The molecule has 0 amide bonds. The third kappa shape index (κ3) is 1.41. The summed E-state index contributed by atoms with van der Waals surface area (Å²) in [6, 6.07) is 0. The highest BCUT2D eigenvalue weighted by atomic mass is 32.1. The van der Waals surface area contributed by atoms with Gasteiger partial charge in [0, 0.05) is 12.4 Å². The minimum absolute atomic E-state index is 0.156. The summed E-state index contributed by atoms with van der Waals surface area (Å²) in [7, 11) is 0. The highest BCUT2D eigenvalue weighted by molar-refractivity contribution is 7.80. The van der Waals surface area contributed by atoms with E-state index in [1.54, 1.807) is 16.9 Å². The monoisotopic (exact) mass is 194 g/mol. The van der Waals surface area contributed by atoms with E-state index in [1.165, 1.54) is 6.33 Å². The highest BCUT2D eigenvalue weighted by Crippen LogP contribution is 2.08. The molecule has 6 nitrogen and oxygen atoms in total. The van der Waals surface area contributed by atoms with E-state index in [4.69, 9.17) is 5.73 Å². The Hall–Kier alpha value is -1.76. The predicted molar refractivity (Wildman–Crippen MR) is 51.2 cm³/mol. The topological polar surface area (TPSA) is 81.1 Å². The average molecular weight is 194 g/mol. The maximum absolute atomic E-state index is 5.31. The lowest BCUT2D eigenvalue weighted by molar-refractivity contribution is 0.948. The van der Waals surface area contributed by atoms with E-state index in [-0.39, 0.29) is 5.11 Å². The van der Waals surface area contributed by atoms with E-state index >= 15 is 0 Å². The van der Waals surface area contributed by atoms with E-state index < -0.39 is 0 Å². The van der Waals surface area contributed by atoms with Gasteiger partial charge >= 0.3 is 0 Å². The number of hydrogen-bond acceptors (Lipinski definition) is 4. The maximum atomic E-state index is 5.31. The van der Waals surface area contributed by atoms with Crippen molar-refractivity contribution >= 4 is 28.8 Å². The van der Waals surface area contributed by atoms with Crippen LogP contribution in [0.25, 0.3) is 5.65 Å². The first kappa shape index (κ1) is 7.87. The van der Waals surface area contributed by atoms with Gasteiger partial charge in [0.2, 0.25) is 0 Å². The number of aromatic nitrogens is 4. The fourth-order valence-electron chi connectivity index (χ4n) is 0.962. The molecule has 0 fully saturated rings. The van der Waals surface area contributed by atoms with Crippen LogP contribution in [0.1, 0.15) is 0 Å². The standard InChI is InChI=1S/C6H6N6S/c7-6(13)11-4-5-9-3-10-12(5)2-1-8-4/h1-3H,(H3,7,8,11,13). The number of anilines is 1. The Kier molecular flexibility index (Phi) is 1.78. The van der Waals surface area contributed by atoms with Gasteiger partial charge in [-0.2, -0.15) is 5.10 Å². The van der Waals surface area contributed by atoms with Crippen molar-refractivity contribution in [3.63, 3.8) is 0 Å². The molecule has 3 N–H and O–H groups in total. The van der Waals surface area contributed by atoms with E-state index in [2.05, 4.69) is 32.6 Å². The van der Waals surface area contributed by atoms with Crippen LogP contribution in [0.3, 0.4) is 0 Å². The minimum atomic E-state index is 0.156. The molecule has 2 aromatic heterocycles. The molecule has 13 heavy (non-hydrogen) atoms. The van der Waals surface area contributed by atoms with Crippen molar-refractivity contribution in [1.29, 1.82) is 0 Å². The maximum Gasteiger partial charge on any atom is 0.198 e. The van der Waals surface area contributed by atoms with Gasteiger partial charge in [-0.15, -0.1) is 0 Å². The molecule has 2 rings (SSSR count). The molecule has 2 heterocycles. The fraction of sp³-hybridized carbons (Fsp3) is 0. The van der Waals surface area contributed by atoms with Gasteiger partial charge in [-0.25, -0.2) is 14.5 Å². The Balaban J connectivity index is 2.54. The summed E-state index contributed by atoms with van der Waals surface area (Å²) in [6.07, 6.45) is 4.71. The normalized spacial score (nSPS) is 10.2. The van der Waals surface area contributed by atoms with E-state index in [0.717, 1.165) is 0 Å². The lowest BCUT2D eigenvalue weighted by Gasteiger charge is -2.01. The molecule has 0 aliphatic rings. The van der Waals surface area contributed by atoms with Crippen LogP contribution in [-0.4, -0.2) is 24.7 Å². The first-order chi connectivity index (χ1) is 6.27. The molecule has 0 saturated carbocycles. The zero-order chi connectivity index (χ0) is 9.26. The second kappa shape index (κ2) is 2.94. The van der Waals surface area contributed by atoms with Crippen LogP contribution in [0.2, 0.25) is 0 Å². The number of rotatable bonds is 1. The number of hydrogen-bond donors (Lipinski definition) is 2. The lowest BCUT2D eigenvalue weighted by Crippen LogP contribution is -2.20. The van der Waals surface area contributed by atoms with E-state index in [0.29, 0.717) is 11.5 Å². The summed E-state index contributed by atoms with van der Waals surface area (Å²) in [6.45, 7) is 0. The number of fused-ring (bicyclic) bond motifs is 1. The minimum Gasteiger partial charge on any atom is -0.376 e. The van der Waals surface area contributed by atoms with Crippen LogP contribution in [0.4, 0.5) is 5.82 Å². The summed E-state index contributed by atoms with van der Waals surface area (Å²) in [5.74, 6) is 0.507. The van der Waals surface area contributed by atoms with Crippen LogP contribution in [-0.2, 0) is 0 Å². The zero-order valence-corrected chi connectivity index (χ0v) is 7.32. The molecular weight excluding hydrogens is 188 g/mol. The molecule has 0 bridgehead atoms. The molecular formula is C6H6N6S. The predicted octanol–water partition coefficient (Wildman–Crippen LogP) is -0.220. The number of nitrogens with two attached hydrogens (primary N) is 1. The van der Waals surface area contributed by atoms with Crippen LogP contribution in [0.15, 0.2) is 18.7 Å². The van der Waals surface area contributed by atoms with Crippen molar-refractivity contribution in [3.8, 4) is 0 Å². The van der Waals surface area contributed by atoms with Gasteiger partial charge in [-0.3, -0.25) is 0 Å². The number of thiocarbonyl (C=S) groups is 1. The molecule has 0 saturated heterocycles. The summed E-state index contributed by atoms with van der Waals surface area (Å²) >= 11 is 4.68. The SMILES string of the molecule is NC(=S)Nc1nccn2ncnc12. The van der Waals surface area contributed by atoms with Crippen molar-refractivity contribution in [2.45, 2.75) is 0 Å². The molecule has 66 valence electrons. The molecule has 2 aromatic rings. The highest BCUT2D eigenvalue weighted by Gasteiger charge is 2.03. The Labute approximate surface area is 78.8 Å². The summed E-state index contributed by atoms with van der Waals surface area (Å²) in [5.41, 5.74) is 5.90. The number of nitrogens with zero attached hydrogens (tertiary/aromatic N) is 4. The second-order valence-corrected chi connectivity index (χ2v) is 2.73. The Morgan fingerprint density at radius 3 is 3.15 bits per heavy atom. The summed E-state index contributed by atoms with van der Waals surface area (Å²) in [5, 5.41) is 6.79. The molecule has 0 radical (unpaired) electrons. The van der Waals surface area contributed by atoms with Gasteiger partial charge in [0.1, 0.15) is 6.33 Å². The van der Waals surface area contributed by atoms with Crippen molar-refractivity contribution in [1.82, 2.24) is 19.6 Å². The van der Waals surface area contributed by atoms with Crippen molar-refractivity contribution in [2.75, 3.05) is 5.32 Å². The lowest BCUT2D eigenvalue weighted by atomic mass is 10.6. The van der Waals surface area contributed by atoms with E-state index in [9.17, 15) is 0 Å².